The number of aliphatic hydroxyl groups is 2. The fraction of sp³-hybridized carbons (Fsp3) is 0.529. The molecule has 1 saturated heterocycles. The van der Waals surface area contributed by atoms with Crippen molar-refractivity contribution in [3.8, 4) is 0 Å². The van der Waals surface area contributed by atoms with Crippen LogP contribution in [-0.4, -0.2) is 66.6 Å². The first-order valence-corrected chi connectivity index (χ1v) is 18.0. The standard InChI is InChI=1S/C34H47NO5SSi/c1-22-30(35-23(2)29-26(36)19-34(6,7)20-27(29)37)32(41-8)40-28(31(22)38)21-39-42(33(3,4)5,24-15-11-9-12-16-24)25-17-13-10-14-18-25/h9-18,22,28,30-32,36,38H,19-21H2,1-8H3. The minimum atomic E-state index is -2.81. The summed E-state index contributed by atoms with van der Waals surface area (Å²) >= 11 is 1.54. The number of ether oxygens (including phenoxy) is 1. The number of hydrogen-bond donors (Lipinski definition) is 2. The summed E-state index contributed by atoms with van der Waals surface area (Å²) < 4.78 is 13.6. The third kappa shape index (κ3) is 6.48. The number of carbonyl (C=O) groups is 1. The van der Waals surface area contributed by atoms with Gasteiger partial charge in [-0.3, -0.25) is 9.79 Å². The topological polar surface area (TPSA) is 88.3 Å². The molecule has 42 heavy (non-hydrogen) atoms. The van der Waals surface area contributed by atoms with Crippen LogP contribution in [0.1, 0.15) is 61.3 Å². The molecule has 1 heterocycles. The normalized spacial score (nSPS) is 27.3. The molecule has 0 saturated carbocycles. The largest absolute Gasteiger partial charge is 0.511 e. The van der Waals surface area contributed by atoms with Gasteiger partial charge in [0.25, 0.3) is 8.32 Å². The van der Waals surface area contributed by atoms with Crippen LogP contribution in [0.2, 0.25) is 5.04 Å². The number of nitrogens with zero attached hydrogens (tertiary/aromatic N) is 1. The summed E-state index contributed by atoms with van der Waals surface area (Å²) in [5, 5.41) is 24.5. The fourth-order valence-electron chi connectivity index (χ4n) is 6.59. The molecule has 0 bridgehead atoms. The van der Waals surface area contributed by atoms with E-state index >= 15 is 0 Å². The summed E-state index contributed by atoms with van der Waals surface area (Å²) in [7, 11) is -2.81. The molecule has 1 aliphatic carbocycles. The van der Waals surface area contributed by atoms with Crippen LogP contribution < -0.4 is 10.4 Å². The maximum Gasteiger partial charge on any atom is 0.261 e. The van der Waals surface area contributed by atoms with Gasteiger partial charge in [-0.2, -0.15) is 0 Å². The zero-order valence-electron chi connectivity index (χ0n) is 26.3. The predicted octanol–water partition coefficient (Wildman–Crippen LogP) is 5.68. The van der Waals surface area contributed by atoms with E-state index in [2.05, 4.69) is 69.3 Å². The van der Waals surface area contributed by atoms with Crippen LogP contribution in [0.15, 0.2) is 77.0 Å². The van der Waals surface area contributed by atoms with E-state index in [1.54, 1.807) is 6.92 Å². The Balaban J connectivity index is 1.63. The van der Waals surface area contributed by atoms with E-state index in [-0.39, 0.29) is 46.0 Å². The molecule has 5 unspecified atom stereocenters. The third-order valence-electron chi connectivity index (χ3n) is 8.72. The van der Waals surface area contributed by atoms with Crippen molar-refractivity contribution in [2.24, 2.45) is 16.3 Å². The predicted molar refractivity (Wildman–Crippen MR) is 175 cm³/mol. The van der Waals surface area contributed by atoms with Crippen LogP contribution in [0.4, 0.5) is 0 Å². The van der Waals surface area contributed by atoms with Gasteiger partial charge in [0, 0.05) is 24.5 Å². The van der Waals surface area contributed by atoms with E-state index < -0.39 is 20.5 Å². The van der Waals surface area contributed by atoms with Gasteiger partial charge >= 0.3 is 0 Å². The van der Waals surface area contributed by atoms with Gasteiger partial charge in [0.2, 0.25) is 0 Å². The molecule has 1 fully saturated rings. The summed E-state index contributed by atoms with van der Waals surface area (Å²) in [4.78, 5) is 17.9. The lowest BCUT2D eigenvalue weighted by molar-refractivity contribution is -0.135. The molecule has 2 aromatic rings. The average molecular weight is 610 g/mol. The molecule has 6 nitrogen and oxygen atoms in total. The van der Waals surface area contributed by atoms with E-state index in [1.165, 1.54) is 22.1 Å². The van der Waals surface area contributed by atoms with Crippen LogP contribution in [0.5, 0.6) is 0 Å². The molecule has 228 valence electrons. The highest BCUT2D eigenvalue weighted by Gasteiger charge is 2.52. The van der Waals surface area contributed by atoms with Crippen molar-refractivity contribution in [3.05, 3.63) is 72.0 Å². The van der Waals surface area contributed by atoms with Crippen molar-refractivity contribution in [1.29, 1.82) is 0 Å². The molecular formula is C34H47NO5SSi. The van der Waals surface area contributed by atoms with Crippen molar-refractivity contribution >= 4 is 41.9 Å². The lowest BCUT2D eigenvalue weighted by atomic mass is 9.75. The minimum Gasteiger partial charge on any atom is -0.511 e. The molecule has 8 heteroatoms. The van der Waals surface area contributed by atoms with Crippen molar-refractivity contribution in [2.75, 3.05) is 12.9 Å². The lowest BCUT2D eigenvalue weighted by Gasteiger charge is -2.46. The summed E-state index contributed by atoms with van der Waals surface area (Å²) in [5.74, 6) is -0.247. The number of benzene rings is 2. The Bertz CT molecular complexity index is 1260. The molecule has 0 spiro atoms. The van der Waals surface area contributed by atoms with Gasteiger partial charge in [0.1, 0.15) is 17.3 Å². The first-order chi connectivity index (χ1) is 19.7. The Morgan fingerprint density at radius 1 is 1.07 bits per heavy atom. The highest BCUT2D eigenvalue weighted by atomic mass is 32.2. The van der Waals surface area contributed by atoms with Crippen LogP contribution in [0, 0.1) is 11.3 Å². The number of rotatable bonds is 8. The first kappa shape index (κ1) is 32.7. The van der Waals surface area contributed by atoms with Crippen molar-refractivity contribution in [1.82, 2.24) is 0 Å². The number of ketones is 1. The quantitative estimate of drug-likeness (QED) is 0.296. The summed E-state index contributed by atoms with van der Waals surface area (Å²) in [6, 6.07) is 20.5. The second-order valence-corrected chi connectivity index (χ2v) is 18.8. The SMILES string of the molecule is CSC1OC(CO[Si](c2ccccc2)(c2ccccc2)C(C)(C)C)C(O)C(C)C1N=C(C)C1=C(O)CC(C)(C)CC1=O. The molecule has 0 amide bonds. The van der Waals surface area contributed by atoms with Gasteiger partial charge in [-0.25, -0.2) is 0 Å². The Morgan fingerprint density at radius 2 is 1.62 bits per heavy atom. The Kier molecular flexibility index (Phi) is 9.95. The van der Waals surface area contributed by atoms with Crippen LogP contribution in [0.25, 0.3) is 0 Å². The van der Waals surface area contributed by atoms with Gasteiger partial charge in [0.15, 0.2) is 5.78 Å². The zero-order valence-corrected chi connectivity index (χ0v) is 28.1. The second-order valence-electron chi connectivity index (χ2n) is 13.6. The molecule has 1 aliphatic heterocycles. The van der Waals surface area contributed by atoms with Gasteiger partial charge in [0.05, 0.1) is 24.3 Å². The van der Waals surface area contributed by atoms with E-state index in [9.17, 15) is 15.0 Å². The molecule has 2 N–H and O–H groups in total. The minimum absolute atomic E-state index is 0.0905. The average Bonchev–Trinajstić information content (AvgIpc) is 2.92. The monoisotopic (exact) mass is 609 g/mol. The number of hydrogen-bond acceptors (Lipinski definition) is 7. The zero-order chi connectivity index (χ0) is 30.9. The molecule has 0 radical (unpaired) electrons. The highest BCUT2D eigenvalue weighted by Crippen LogP contribution is 2.40. The molecule has 2 aromatic carbocycles. The summed E-state index contributed by atoms with van der Waals surface area (Å²) in [6.07, 6.45) is 1.41. The first-order valence-electron chi connectivity index (χ1n) is 14.8. The number of allylic oxidation sites excluding steroid dienone is 2. The van der Waals surface area contributed by atoms with E-state index in [0.717, 1.165) is 0 Å². The van der Waals surface area contributed by atoms with Crippen molar-refractivity contribution in [3.63, 3.8) is 0 Å². The molecular weight excluding hydrogens is 563 g/mol. The maximum atomic E-state index is 12.9. The summed E-state index contributed by atoms with van der Waals surface area (Å²) in [6.45, 7) is 14.7. The number of aliphatic hydroxyl groups excluding tert-OH is 2. The van der Waals surface area contributed by atoms with Gasteiger partial charge in [-0.05, 0) is 34.0 Å². The van der Waals surface area contributed by atoms with Gasteiger partial charge in [-0.1, -0.05) is 102 Å². The smallest absolute Gasteiger partial charge is 0.261 e. The van der Waals surface area contributed by atoms with Crippen LogP contribution in [0.3, 0.4) is 0 Å². The van der Waals surface area contributed by atoms with Crippen molar-refractivity contribution < 1.29 is 24.2 Å². The number of thioether (sulfide) groups is 1. The molecule has 2 aliphatic rings. The highest BCUT2D eigenvalue weighted by molar-refractivity contribution is 7.99. The van der Waals surface area contributed by atoms with Gasteiger partial charge < -0.3 is 19.4 Å². The third-order valence-corrected chi connectivity index (χ3v) is 14.6. The van der Waals surface area contributed by atoms with E-state index in [0.29, 0.717) is 24.1 Å². The number of Topliss-reactive ketones (excluding diaryl/α,β-unsaturated/α-hetero) is 1. The number of carbonyl (C=O) groups excluding carboxylic acids is 1. The van der Waals surface area contributed by atoms with Gasteiger partial charge in [-0.15, -0.1) is 11.8 Å². The lowest BCUT2D eigenvalue weighted by Crippen LogP contribution is -2.67. The molecule has 4 rings (SSSR count). The Hall–Kier alpha value is -2.23. The van der Waals surface area contributed by atoms with Crippen LogP contribution in [-0.2, 0) is 14.0 Å². The number of aliphatic imine (C=N–C) groups is 1. The van der Waals surface area contributed by atoms with Crippen molar-refractivity contribution in [2.45, 2.75) is 90.0 Å². The van der Waals surface area contributed by atoms with E-state index in [4.69, 9.17) is 14.2 Å². The summed E-state index contributed by atoms with van der Waals surface area (Å²) in [5.41, 5.74) is 0.196. The van der Waals surface area contributed by atoms with E-state index in [1.807, 2.05) is 39.2 Å². The fourth-order valence-corrected chi connectivity index (χ4v) is 12.0. The van der Waals surface area contributed by atoms with Crippen LogP contribution >= 0.6 is 11.8 Å². The maximum absolute atomic E-state index is 12.9. The Morgan fingerprint density at radius 3 is 2.10 bits per heavy atom. The Labute approximate surface area is 256 Å². The molecule has 5 atom stereocenters. The molecule has 0 aromatic heterocycles. The second kappa shape index (κ2) is 12.8.